The van der Waals surface area contributed by atoms with Crippen molar-refractivity contribution < 1.29 is 29.0 Å². The molecule has 2 aliphatic heterocycles. The summed E-state index contributed by atoms with van der Waals surface area (Å²) in [5.74, 6) is -0.825. The first-order chi connectivity index (χ1) is 23.9. The van der Waals surface area contributed by atoms with Gasteiger partial charge >= 0.3 is 0 Å². The molecule has 0 unspecified atom stereocenters. The molecule has 0 bridgehead atoms. The van der Waals surface area contributed by atoms with E-state index in [9.17, 15) is 24.3 Å². The monoisotopic (exact) mass is 715 g/mol. The number of carbonyl (C=O) groups excluding carboxylic acids is 2. The standard InChI is InChI=1S/C38H42ClN3O7Si/c1-25-35(50(3,4)47)33(22-34(44)40(18-19-43)23-26-10-6-5-7-11-26)49-38(25)30-21-28(39)15-16-31(30)42(37(38)46)24-27-12-8-13-29(20-27)41-17-9-14-32(48-2)36(41)45/h5-17,20-21,25,33,35,43,47H,18-19,22-24H2,1-4H3/t25-,33+,35-,38+/m0/s1. The number of amides is 2. The summed E-state index contributed by atoms with van der Waals surface area (Å²) >= 11 is 6.56. The van der Waals surface area contributed by atoms with E-state index in [4.69, 9.17) is 21.1 Å². The van der Waals surface area contributed by atoms with Crippen LogP contribution in [0, 0.1) is 5.92 Å². The van der Waals surface area contributed by atoms with Crippen molar-refractivity contribution in [2.24, 2.45) is 5.92 Å². The fourth-order valence-electron chi connectivity index (χ4n) is 7.74. The number of halogens is 1. The summed E-state index contributed by atoms with van der Waals surface area (Å²) in [4.78, 5) is 56.7. The number of benzene rings is 3. The number of rotatable bonds is 11. The van der Waals surface area contributed by atoms with Gasteiger partial charge < -0.3 is 29.2 Å². The largest absolute Gasteiger partial charge is 0.491 e. The van der Waals surface area contributed by atoms with Gasteiger partial charge in [-0.3, -0.25) is 19.0 Å². The first-order valence-corrected chi connectivity index (χ1v) is 20.1. The summed E-state index contributed by atoms with van der Waals surface area (Å²) in [6, 6.07) is 25.5. The molecule has 2 N–H and O–H groups in total. The van der Waals surface area contributed by atoms with Gasteiger partial charge in [-0.15, -0.1) is 0 Å². The van der Waals surface area contributed by atoms with Crippen LogP contribution in [0.1, 0.15) is 30.0 Å². The Morgan fingerprint density at radius 1 is 1.02 bits per heavy atom. The second-order valence-corrected chi connectivity index (χ2v) is 18.0. The summed E-state index contributed by atoms with van der Waals surface area (Å²) in [5.41, 5.74) is 1.26. The van der Waals surface area contributed by atoms with E-state index in [1.807, 2.05) is 74.6 Å². The highest BCUT2D eigenvalue weighted by atomic mass is 35.5. The Balaban J connectivity index is 1.35. The molecule has 1 saturated heterocycles. The molecule has 1 spiro atoms. The van der Waals surface area contributed by atoms with Crippen molar-refractivity contribution in [1.29, 1.82) is 0 Å². The maximum Gasteiger partial charge on any atom is 0.297 e. The average molecular weight is 716 g/mol. The third-order valence-corrected chi connectivity index (χ3v) is 12.7. The molecule has 3 heterocycles. The number of aliphatic hydroxyl groups excluding tert-OH is 1. The third kappa shape index (κ3) is 6.51. The van der Waals surface area contributed by atoms with Gasteiger partial charge in [0, 0.05) is 47.0 Å². The molecule has 0 radical (unpaired) electrons. The van der Waals surface area contributed by atoms with E-state index in [0.29, 0.717) is 28.5 Å². The molecule has 12 heteroatoms. The van der Waals surface area contributed by atoms with Crippen molar-refractivity contribution in [1.82, 2.24) is 9.47 Å². The number of hydrogen-bond donors (Lipinski definition) is 2. The maximum absolute atomic E-state index is 14.9. The lowest BCUT2D eigenvalue weighted by Crippen LogP contribution is -2.46. The van der Waals surface area contributed by atoms with Gasteiger partial charge in [0.15, 0.2) is 19.7 Å². The lowest BCUT2D eigenvalue weighted by atomic mass is 9.82. The first kappa shape index (κ1) is 35.6. The minimum atomic E-state index is -3.05. The summed E-state index contributed by atoms with van der Waals surface area (Å²) < 4.78 is 13.6. The number of pyridine rings is 1. The van der Waals surface area contributed by atoms with Crippen LogP contribution in [-0.2, 0) is 33.0 Å². The number of methoxy groups -OCH3 is 1. The Labute approximate surface area is 297 Å². The minimum absolute atomic E-state index is 0.0684. The number of fused-ring (bicyclic) bond motifs is 2. The van der Waals surface area contributed by atoms with Crippen LogP contribution in [0.25, 0.3) is 5.69 Å². The quantitative estimate of drug-likeness (QED) is 0.204. The van der Waals surface area contributed by atoms with Crippen LogP contribution >= 0.6 is 11.6 Å². The lowest BCUT2D eigenvalue weighted by Gasteiger charge is -2.32. The maximum atomic E-state index is 14.9. The van der Waals surface area contributed by atoms with Crippen LogP contribution in [-0.4, -0.2) is 65.9 Å². The Bertz CT molecular complexity index is 1950. The second kappa shape index (κ2) is 14.2. The lowest BCUT2D eigenvalue weighted by molar-refractivity contribution is -0.150. The van der Waals surface area contributed by atoms with Crippen molar-refractivity contribution in [3.05, 3.63) is 123 Å². The molecule has 10 nitrogen and oxygen atoms in total. The third-order valence-electron chi connectivity index (χ3n) is 9.92. The number of aliphatic hydroxyl groups is 1. The zero-order valence-electron chi connectivity index (χ0n) is 28.6. The van der Waals surface area contributed by atoms with Crippen molar-refractivity contribution in [2.45, 2.75) is 56.8 Å². The van der Waals surface area contributed by atoms with Gasteiger partial charge in [0.25, 0.3) is 11.5 Å². The van der Waals surface area contributed by atoms with Gasteiger partial charge in [-0.1, -0.05) is 61.0 Å². The minimum Gasteiger partial charge on any atom is -0.491 e. The number of carbonyl (C=O) groups is 2. The van der Waals surface area contributed by atoms with E-state index in [2.05, 4.69) is 0 Å². The highest BCUT2D eigenvalue weighted by Gasteiger charge is 2.66. The van der Waals surface area contributed by atoms with Crippen LogP contribution in [0.5, 0.6) is 5.75 Å². The fraction of sp³-hybridized carbons (Fsp3) is 0.342. The van der Waals surface area contributed by atoms with Crippen molar-refractivity contribution in [3.8, 4) is 11.4 Å². The molecule has 50 heavy (non-hydrogen) atoms. The normalized spacial score (nSPS) is 21.5. The topological polar surface area (TPSA) is 122 Å². The summed E-state index contributed by atoms with van der Waals surface area (Å²) in [6.45, 7) is 5.95. The van der Waals surface area contributed by atoms with Crippen LogP contribution in [0.3, 0.4) is 0 Å². The molecule has 4 aromatic rings. The van der Waals surface area contributed by atoms with Crippen LogP contribution in [0.2, 0.25) is 23.7 Å². The second-order valence-electron chi connectivity index (χ2n) is 13.6. The highest BCUT2D eigenvalue weighted by Crippen LogP contribution is 2.60. The number of nitrogens with zero attached hydrogens (tertiary/aromatic N) is 3. The molecule has 2 amide bonds. The van der Waals surface area contributed by atoms with E-state index in [1.165, 1.54) is 11.7 Å². The Kier molecular flexibility index (Phi) is 10.1. The summed E-state index contributed by atoms with van der Waals surface area (Å²) in [7, 11) is -1.60. The Morgan fingerprint density at radius 2 is 1.76 bits per heavy atom. The molecule has 6 rings (SSSR count). The van der Waals surface area contributed by atoms with Gasteiger partial charge in [0.05, 0.1) is 38.5 Å². The molecule has 1 aromatic heterocycles. The number of ether oxygens (including phenoxy) is 2. The molecular formula is C38H42ClN3O7Si. The molecule has 1 fully saturated rings. The molecular weight excluding hydrogens is 674 g/mol. The van der Waals surface area contributed by atoms with E-state index >= 15 is 0 Å². The average Bonchev–Trinajstić information content (AvgIpc) is 3.51. The predicted octanol–water partition coefficient (Wildman–Crippen LogP) is 5.26. The summed E-state index contributed by atoms with van der Waals surface area (Å²) in [6.07, 6.45) is 0.830. The van der Waals surface area contributed by atoms with E-state index < -0.39 is 31.5 Å². The molecule has 0 saturated carbocycles. The van der Waals surface area contributed by atoms with Crippen molar-refractivity contribution in [3.63, 3.8) is 0 Å². The molecule has 2 aliphatic rings. The number of anilines is 1. The molecule has 4 atom stereocenters. The summed E-state index contributed by atoms with van der Waals surface area (Å²) in [5, 5.41) is 10.2. The first-order valence-electron chi connectivity index (χ1n) is 16.7. The Morgan fingerprint density at radius 3 is 2.46 bits per heavy atom. The highest BCUT2D eigenvalue weighted by molar-refractivity contribution is 6.71. The zero-order chi connectivity index (χ0) is 35.8. The molecule has 262 valence electrons. The SMILES string of the molecule is COc1cccn(-c2cccc(CN3C(=O)[C@]4(O[C@H](CC(=O)N(CCO)Cc5ccccc5)[C@@H]([Si](C)(C)O)[C@@H]4C)c4cc(Cl)ccc43)c2)c1=O. The number of aromatic nitrogens is 1. The zero-order valence-corrected chi connectivity index (χ0v) is 30.3. The van der Waals surface area contributed by atoms with E-state index in [1.54, 1.807) is 46.3 Å². The molecule has 0 aliphatic carbocycles. The number of hydrogen-bond acceptors (Lipinski definition) is 7. The van der Waals surface area contributed by atoms with Gasteiger partial charge in [0.2, 0.25) is 5.91 Å². The van der Waals surface area contributed by atoms with Crippen molar-refractivity contribution in [2.75, 3.05) is 25.2 Å². The van der Waals surface area contributed by atoms with Gasteiger partial charge in [-0.05, 0) is 66.7 Å². The smallest absolute Gasteiger partial charge is 0.297 e. The van der Waals surface area contributed by atoms with Gasteiger partial charge in [0.1, 0.15) is 0 Å². The van der Waals surface area contributed by atoms with Crippen LogP contribution < -0.4 is 15.2 Å². The Hall–Kier alpha value is -4.26. The van der Waals surface area contributed by atoms with Crippen LogP contribution in [0.4, 0.5) is 5.69 Å². The van der Waals surface area contributed by atoms with Gasteiger partial charge in [-0.25, -0.2) is 0 Å². The van der Waals surface area contributed by atoms with Crippen LogP contribution in [0.15, 0.2) is 95.9 Å². The van der Waals surface area contributed by atoms with Crippen molar-refractivity contribution >= 4 is 37.4 Å². The predicted molar refractivity (Wildman–Crippen MR) is 194 cm³/mol. The van der Waals surface area contributed by atoms with E-state index in [0.717, 1.165) is 11.1 Å². The van der Waals surface area contributed by atoms with Gasteiger partial charge in [-0.2, -0.15) is 0 Å². The van der Waals surface area contributed by atoms with E-state index in [-0.39, 0.29) is 49.2 Å². The fourth-order valence-corrected chi connectivity index (χ4v) is 10.5. The molecule has 3 aromatic carbocycles.